The topological polar surface area (TPSA) is 116 Å². The minimum Gasteiger partial charge on any atom is -0.369 e. The quantitative estimate of drug-likeness (QED) is 0.425. The predicted molar refractivity (Wildman–Crippen MR) is 132 cm³/mol. The fourth-order valence-corrected chi connectivity index (χ4v) is 5.72. The van der Waals surface area contributed by atoms with Gasteiger partial charge in [-0.1, -0.05) is 19.9 Å². The number of anilines is 2. The fourth-order valence-electron chi connectivity index (χ4n) is 4.01. The lowest BCUT2D eigenvalue weighted by Crippen LogP contribution is -2.48. The van der Waals surface area contributed by atoms with Crippen LogP contribution in [0.2, 0.25) is 0 Å². The van der Waals surface area contributed by atoms with E-state index in [4.69, 9.17) is 0 Å². The number of piperazine rings is 1. The summed E-state index contributed by atoms with van der Waals surface area (Å²) >= 11 is 0. The molecule has 0 radical (unpaired) electrons. The Kier molecular flexibility index (Phi) is 8.24. The van der Waals surface area contributed by atoms with E-state index < -0.39 is 14.9 Å². The summed E-state index contributed by atoms with van der Waals surface area (Å²) in [7, 11) is -3.63. The van der Waals surface area contributed by atoms with Gasteiger partial charge in [-0.15, -0.1) is 0 Å². The van der Waals surface area contributed by atoms with Crippen molar-refractivity contribution in [2.75, 3.05) is 56.0 Å². The second kappa shape index (κ2) is 10.9. The molecule has 0 bridgehead atoms. The number of benzene rings is 2. The molecule has 0 aliphatic carbocycles. The van der Waals surface area contributed by atoms with E-state index in [0.717, 1.165) is 5.69 Å². The molecule has 3 rings (SSSR count). The van der Waals surface area contributed by atoms with Gasteiger partial charge in [-0.3, -0.25) is 19.8 Å². The summed E-state index contributed by atoms with van der Waals surface area (Å²) in [5.74, 6) is -0.209. The molecule has 2 aromatic rings. The van der Waals surface area contributed by atoms with Gasteiger partial charge in [-0.05, 0) is 36.8 Å². The summed E-state index contributed by atoms with van der Waals surface area (Å²) in [5, 5.41) is 13.6. The largest absolute Gasteiger partial charge is 0.369 e. The van der Waals surface area contributed by atoms with E-state index in [1.807, 2.05) is 4.90 Å². The predicted octanol–water partition coefficient (Wildman–Crippen LogP) is 2.69. The molecule has 184 valence electrons. The SMILES string of the molecule is CCN(CC)S(=O)(=O)c1cc(NC(=O)CN2CCN(c3ccc([N+](=O)[O-])cc3)CC2)ccc1C. The summed E-state index contributed by atoms with van der Waals surface area (Å²) in [6, 6.07) is 11.4. The van der Waals surface area contributed by atoms with Crippen LogP contribution in [0.3, 0.4) is 0 Å². The average molecular weight is 490 g/mol. The highest BCUT2D eigenvalue weighted by molar-refractivity contribution is 7.89. The van der Waals surface area contributed by atoms with Crippen LogP contribution in [0.1, 0.15) is 19.4 Å². The lowest BCUT2D eigenvalue weighted by atomic mass is 10.2. The van der Waals surface area contributed by atoms with E-state index in [0.29, 0.717) is 50.5 Å². The van der Waals surface area contributed by atoms with Crippen LogP contribution in [0.5, 0.6) is 0 Å². The van der Waals surface area contributed by atoms with Gasteiger partial charge in [0.15, 0.2) is 0 Å². The molecule has 0 saturated carbocycles. The summed E-state index contributed by atoms with van der Waals surface area (Å²) in [6.45, 7) is 9.00. The van der Waals surface area contributed by atoms with Crippen LogP contribution in [0.4, 0.5) is 17.1 Å². The van der Waals surface area contributed by atoms with Crippen molar-refractivity contribution in [3.8, 4) is 0 Å². The third kappa shape index (κ3) is 5.91. The Morgan fingerprint density at radius 1 is 1.06 bits per heavy atom. The molecule has 34 heavy (non-hydrogen) atoms. The van der Waals surface area contributed by atoms with Crippen molar-refractivity contribution in [3.05, 3.63) is 58.1 Å². The van der Waals surface area contributed by atoms with Crippen molar-refractivity contribution in [3.63, 3.8) is 0 Å². The monoisotopic (exact) mass is 489 g/mol. The Morgan fingerprint density at radius 3 is 2.24 bits per heavy atom. The van der Waals surface area contributed by atoms with E-state index >= 15 is 0 Å². The lowest BCUT2D eigenvalue weighted by Gasteiger charge is -2.35. The number of nitrogens with one attached hydrogen (secondary N) is 1. The molecule has 1 N–H and O–H groups in total. The zero-order valence-electron chi connectivity index (χ0n) is 19.7. The van der Waals surface area contributed by atoms with Crippen LogP contribution in [0.15, 0.2) is 47.4 Å². The van der Waals surface area contributed by atoms with E-state index in [1.54, 1.807) is 45.0 Å². The summed E-state index contributed by atoms with van der Waals surface area (Å²) in [4.78, 5) is 27.4. The third-order valence-corrected chi connectivity index (χ3v) is 8.15. The first kappa shape index (κ1) is 25.6. The van der Waals surface area contributed by atoms with Crippen molar-refractivity contribution in [2.24, 2.45) is 0 Å². The first-order valence-corrected chi connectivity index (χ1v) is 12.7. The summed E-state index contributed by atoms with van der Waals surface area (Å²) in [6.07, 6.45) is 0. The Balaban J connectivity index is 1.58. The maximum Gasteiger partial charge on any atom is 0.269 e. The van der Waals surface area contributed by atoms with E-state index in [2.05, 4.69) is 10.2 Å². The molecule has 1 aliphatic heterocycles. The van der Waals surface area contributed by atoms with Crippen molar-refractivity contribution < 1.29 is 18.1 Å². The number of hydrogen-bond donors (Lipinski definition) is 1. The first-order valence-electron chi connectivity index (χ1n) is 11.3. The van der Waals surface area contributed by atoms with E-state index in [9.17, 15) is 23.3 Å². The van der Waals surface area contributed by atoms with E-state index in [-0.39, 0.29) is 23.0 Å². The number of carbonyl (C=O) groups excluding carboxylic acids is 1. The van der Waals surface area contributed by atoms with Crippen molar-refractivity contribution in [1.29, 1.82) is 0 Å². The van der Waals surface area contributed by atoms with Gasteiger partial charge in [0, 0.05) is 62.8 Å². The molecular formula is C23H31N5O5S. The number of nitro benzene ring substituents is 1. The number of sulfonamides is 1. The number of non-ortho nitro benzene ring substituents is 1. The normalized spacial score (nSPS) is 14.9. The molecule has 1 heterocycles. The van der Waals surface area contributed by atoms with Gasteiger partial charge >= 0.3 is 0 Å². The second-order valence-electron chi connectivity index (χ2n) is 8.15. The van der Waals surface area contributed by atoms with E-state index in [1.165, 1.54) is 22.5 Å². The zero-order valence-corrected chi connectivity index (χ0v) is 20.5. The Morgan fingerprint density at radius 2 is 1.68 bits per heavy atom. The third-order valence-electron chi connectivity index (χ3n) is 5.96. The number of carbonyl (C=O) groups is 1. The van der Waals surface area contributed by atoms with Crippen molar-refractivity contribution >= 4 is 33.0 Å². The van der Waals surface area contributed by atoms with Gasteiger partial charge in [0.2, 0.25) is 15.9 Å². The minimum atomic E-state index is -3.63. The van der Waals surface area contributed by atoms with Gasteiger partial charge in [0.1, 0.15) is 0 Å². The van der Waals surface area contributed by atoms with Gasteiger partial charge in [-0.25, -0.2) is 8.42 Å². The number of amides is 1. The Bertz CT molecular complexity index is 1120. The maximum absolute atomic E-state index is 12.9. The number of nitrogens with zero attached hydrogens (tertiary/aromatic N) is 4. The van der Waals surface area contributed by atoms with Crippen LogP contribution in [-0.2, 0) is 14.8 Å². The molecule has 0 atom stereocenters. The lowest BCUT2D eigenvalue weighted by molar-refractivity contribution is -0.384. The first-order chi connectivity index (χ1) is 16.1. The summed E-state index contributed by atoms with van der Waals surface area (Å²) < 4.78 is 27.3. The highest BCUT2D eigenvalue weighted by Gasteiger charge is 2.24. The Labute approximate surface area is 200 Å². The van der Waals surface area contributed by atoms with Crippen molar-refractivity contribution in [2.45, 2.75) is 25.7 Å². The van der Waals surface area contributed by atoms with Crippen LogP contribution in [0, 0.1) is 17.0 Å². The molecular weight excluding hydrogens is 458 g/mol. The second-order valence-corrected chi connectivity index (χ2v) is 10.1. The molecule has 0 unspecified atom stereocenters. The number of nitro groups is 1. The van der Waals surface area contributed by atoms with Gasteiger partial charge in [0.25, 0.3) is 5.69 Å². The van der Waals surface area contributed by atoms with Crippen LogP contribution < -0.4 is 10.2 Å². The van der Waals surface area contributed by atoms with Crippen LogP contribution >= 0.6 is 0 Å². The van der Waals surface area contributed by atoms with Crippen LogP contribution in [0.25, 0.3) is 0 Å². The van der Waals surface area contributed by atoms with Gasteiger partial charge in [-0.2, -0.15) is 4.31 Å². The molecule has 1 aliphatic rings. The molecule has 0 aromatic heterocycles. The molecule has 10 nitrogen and oxygen atoms in total. The Hall–Kier alpha value is -3.02. The number of hydrogen-bond acceptors (Lipinski definition) is 7. The number of aryl methyl sites for hydroxylation is 1. The molecule has 1 amide bonds. The highest BCUT2D eigenvalue weighted by Crippen LogP contribution is 2.24. The standard InChI is InChI=1S/C23H31N5O5S/c1-4-27(5-2)34(32,33)22-16-19(7-6-18(22)3)24-23(29)17-25-12-14-26(15-13-25)20-8-10-21(11-9-20)28(30)31/h6-11,16H,4-5,12-15,17H2,1-3H3,(H,24,29). The molecule has 0 spiro atoms. The highest BCUT2D eigenvalue weighted by atomic mass is 32.2. The maximum atomic E-state index is 12.9. The molecule has 1 fully saturated rings. The smallest absolute Gasteiger partial charge is 0.269 e. The van der Waals surface area contributed by atoms with Crippen LogP contribution in [-0.4, -0.2) is 74.3 Å². The average Bonchev–Trinajstić information content (AvgIpc) is 2.81. The molecule has 1 saturated heterocycles. The summed E-state index contributed by atoms with van der Waals surface area (Å²) in [5.41, 5.74) is 2.05. The van der Waals surface area contributed by atoms with Gasteiger partial charge < -0.3 is 10.2 Å². The van der Waals surface area contributed by atoms with Gasteiger partial charge in [0.05, 0.1) is 16.4 Å². The zero-order chi connectivity index (χ0) is 24.9. The number of rotatable bonds is 9. The molecule has 2 aromatic carbocycles. The minimum absolute atomic E-state index is 0.0585. The van der Waals surface area contributed by atoms with Crippen molar-refractivity contribution in [1.82, 2.24) is 9.21 Å². The fraction of sp³-hybridized carbons (Fsp3) is 0.435. The molecule has 11 heteroatoms.